The van der Waals surface area contributed by atoms with Crippen LogP contribution >= 0.6 is 0 Å². The number of nitrogens with zero attached hydrogens (tertiary/aromatic N) is 1. The molecule has 0 aliphatic carbocycles. The number of aromatic nitrogens is 1. The van der Waals surface area contributed by atoms with Gasteiger partial charge in [-0.1, -0.05) is 6.07 Å². The number of carbonyl (C=O) groups is 1. The van der Waals surface area contributed by atoms with E-state index >= 15 is 0 Å². The fourth-order valence-electron chi connectivity index (χ4n) is 1.81. The van der Waals surface area contributed by atoms with Gasteiger partial charge in [-0.25, -0.2) is 0 Å². The standard InChI is InChI=1S/C12H18N2O2/c1-12(2,11(15)16-4)10(13-3)9-7-5-6-8-14-9/h5-8,10,13H,1-4H3. The van der Waals surface area contributed by atoms with E-state index in [1.54, 1.807) is 6.20 Å². The van der Waals surface area contributed by atoms with Gasteiger partial charge in [0.1, 0.15) is 0 Å². The molecular formula is C12H18N2O2. The van der Waals surface area contributed by atoms with Crippen LogP contribution in [0.25, 0.3) is 0 Å². The summed E-state index contributed by atoms with van der Waals surface area (Å²) in [7, 11) is 3.21. The molecule has 1 unspecified atom stereocenters. The molecule has 16 heavy (non-hydrogen) atoms. The Morgan fingerprint density at radius 2 is 2.19 bits per heavy atom. The third-order valence-corrected chi connectivity index (χ3v) is 2.71. The zero-order valence-electron chi connectivity index (χ0n) is 10.2. The van der Waals surface area contributed by atoms with Gasteiger partial charge in [0.2, 0.25) is 0 Å². The van der Waals surface area contributed by atoms with Gasteiger partial charge in [-0.15, -0.1) is 0 Å². The molecule has 1 N–H and O–H groups in total. The predicted octanol–water partition coefficient (Wildman–Crippen LogP) is 1.54. The topological polar surface area (TPSA) is 51.2 Å². The Morgan fingerprint density at radius 1 is 1.50 bits per heavy atom. The van der Waals surface area contributed by atoms with E-state index in [9.17, 15) is 4.79 Å². The highest BCUT2D eigenvalue weighted by Gasteiger charge is 2.38. The van der Waals surface area contributed by atoms with E-state index < -0.39 is 5.41 Å². The van der Waals surface area contributed by atoms with Crippen molar-refractivity contribution in [2.24, 2.45) is 5.41 Å². The Labute approximate surface area is 96.0 Å². The first-order valence-corrected chi connectivity index (χ1v) is 5.20. The molecule has 1 heterocycles. The minimum absolute atomic E-state index is 0.166. The smallest absolute Gasteiger partial charge is 0.313 e. The van der Waals surface area contributed by atoms with E-state index in [2.05, 4.69) is 10.3 Å². The van der Waals surface area contributed by atoms with Gasteiger partial charge in [-0.05, 0) is 33.0 Å². The largest absolute Gasteiger partial charge is 0.469 e. The van der Waals surface area contributed by atoms with Crippen molar-refractivity contribution in [2.75, 3.05) is 14.2 Å². The molecule has 1 rings (SSSR count). The van der Waals surface area contributed by atoms with Crippen LogP contribution in [0.2, 0.25) is 0 Å². The number of nitrogens with one attached hydrogen (secondary N) is 1. The van der Waals surface area contributed by atoms with Crippen molar-refractivity contribution in [2.45, 2.75) is 19.9 Å². The lowest BCUT2D eigenvalue weighted by atomic mass is 9.82. The maximum absolute atomic E-state index is 11.7. The van der Waals surface area contributed by atoms with Crippen LogP contribution in [0.1, 0.15) is 25.6 Å². The van der Waals surface area contributed by atoms with Gasteiger partial charge in [-0.3, -0.25) is 9.78 Å². The zero-order chi connectivity index (χ0) is 12.2. The Bertz CT molecular complexity index is 349. The van der Waals surface area contributed by atoms with E-state index in [4.69, 9.17) is 4.74 Å². The minimum atomic E-state index is -0.655. The molecule has 1 aromatic rings. The van der Waals surface area contributed by atoms with Crippen LogP contribution in [0, 0.1) is 5.41 Å². The van der Waals surface area contributed by atoms with Crippen LogP contribution < -0.4 is 5.32 Å². The minimum Gasteiger partial charge on any atom is -0.469 e. The fraction of sp³-hybridized carbons (Fsp3) is 0.500. The quantitative estimate of drug-likeness (QED) is 0.785. The molecule has 0 amide bonds. The average Bonchev–Trinajstić information content (AvgIpc) is 2.30. The maximum atomic E-state index is 11.7. The summed E-state index contributed by atoms with van der Waals surface area (Å²) >= 11 is 0. The number of rotatable bonds is 4. The van der Waals surface area contributed by atoms with E-state index in [-0.39, 0.29) is 12.0 Å². The van der Waals surface area contributed by atoms with Crippen LogP contribution in [0.15, 0.2) is 24.4 Å². The summed E-state index contributed by atoms with van der Waals surface area (Å²) in [6.07, 6.45) is 1.72. The highest BCUT2D eigenvalue weighted by Crippen LogP contribution is 2.33. The maximum Gasteiger partial charge on any atom is 0.313 e. The van der Waals surface area contributed by atoms with Gasteiger partial charge in [0, 0.05) is 6.20 Å². The van der Waals surface area contributed by atoms with Gasteiger partial charge >= 0.3 is 5.97 Å². The number of esters is 1. The molecule has 0 aromatic carbocycles. The Morgan fingerprint density at radius 3 is 2.62 bits per heavy atom. The highest BCUT2D eigenvalue weighted by atomic mass is 16.5. The van der Waals surface area contributed by atoms with Gasteiger partial charge in [0.15, 0.2) is 0 Å². The highest BCUT2D eigenvalue weighted by molar-refractivity contribution is 5.77. The van der Waals surface area contributed by atoms with E-state index in [0.717, 1.165) is 5.69 Å². The number of ether oxygens (including phenoxy) is 1. The van der Waals surface area contributed by atoms with E-state index in [0.29, 0.717) is 0 Å². The van der Waals surface area contributed by atoms with Gasteiger partial charge in [0.25, 0.3) is 0 Å². The molecule has 0 saturated heterocycles. The monoisotopic (exact) mass is 222 g/mol. The summed E-state index contributed by atoms with van der Waals surface area (Å²) in [6.45, 7) is 3.68. The fourth-order valence-corrected chi connectivity index (χ4v) is 1.81. The SMILES string of the molecule is CNC(c1ccccn1)C(C)(C)C(=O)OC. The molecule has 0 aliphatic heterocycles. The van der Waals surface area contributed by atoms with Crippen LogP contribution in [0.3, 0.4) is 0 Å². The lowest BCUT2D eigenvalue weighted by molar-refractivity contribution is -0.152. The second-order valence-electron chi connectivity index (χ2n) is 4.19. The van der Waals surface area contributed by atoms with E-state index in [1.807, 2.05) is 39.1 Å². The van der Waals surface area contributed by atoms with Crippen molar-refractivity contribution in [3.8, 4) is 0 Å². The molecule has 0 bridgehead atoms. The molecule has 88 valence electrons. The van der Waals surface area contributed by atoms with Crippen LogP contribution in [-0.4, -0.2) is 25.1 Å². The third-order valence-electron chi connectivity index (χ3n) is 2.71. The van der Waals surface area contributed by atoms with Gasteiger partial charge in [0.05, 0.1) is 24.3 Å². The predicted molar refractivity (Wildman–Crippen MR) is 61.8 cm³/mol. The summed E-state index contributed by atoms with van der Waals surface area (Å²) in [5.41, 5.74) is 0.179. The molecule has 0 spiro atoms. The number of carbonyl (C=O) groups excluding carboxylic acids is 1. The first kappa shape index (κ1) is 12.6. The zero-order valence-corrected chi connectivity index (χ0v) is 10.2. The van der Waals surface area contributed by atoms with Crippen molar-refractivity contribution in [3.63, 3.8) is 0 Å². The molecule has 0 radical (unpaired) electrons. The van der Waals surface area contributed by atoms with Crippen molar-refractivity contribution in [1.29, 1.82) is 0 Å². The summed E-state index contributed by atoms with van der Waals surface area (Å²) in [6, 6.07) is 5.48. The Hall–Kier alpha value is -1.42. The molecule has 1 aromatic heterocycles. The van der Waals surface area contributed by atoms with E-state index in [1.165, 1.54) is 7.11 Å². The normalized spacial score (nSPS) is 13.2. The summed E-state index contributed by atoms with van der Waals surface area (Å²) in [4.78, 5) is 16.0. The Kier molecular flexibility index (Phi) is 4.01. The summed E-state index contributed by atoms with van der Waals surface area (Å²) < 4.78 is 4.81. The molecule has 0 saturated carbocycles. The average molecular weight is 222 g/mol. The number of hydrogen-bond acceptors (Lipinski definition) is 4. The first-order chi connectivity index (χ1) is 7.54. The second-order valence-corrected chi connectivity index (χ2v) is 4.19. The van der Waals surface area contributed by atoms with Crippen LogP contribution in [0.5, 0.6) is 0 Å². The lowest BCUT2D eigenvalue weighted by Crippen LogP contribution is -2.39. The number of pyridine rings is 1. The van der Waals surface area contributed by atoms with Gasteiger partial charge in [-0.2, -0.15) is 0 Å². The summed E-state index contributed by atoms with van der Waals surface area (Å²) in [5, 5.41) is 3.11. The third kappa shape index (κ3) is 2.39. The second kappa shape index (κ2) is 5.07. The van der Waals surface area contributed by atoms with Crippen LogP contribution in [-0.2, 0) is 9.53 Å². The lowest BCUT2D eigenvalue weighted by Gasteiger charge is -2.30. The molecule has 4 nitrogen and oxygen atoms in total. The van der Waals surface area contributed by atoms with Crippen molar-refractivity contribution < 1.29 is 9.53 Å². The molecule has 4 heteroatoms. The van der Waals surface area contributed by atoms with Crippen molar-refractivity contribution in [1.82, 2.24) is 10.3 Å². The van der Waals surface area contributed by atoms with Crippen molar-refractivity contribution >= 4 is 5.97 Å². The van der Waals surface area contributed by atoms with Crippen LogP contribution in [0.4, 0.5) is 0 Å². The van der Waals surface area contributed by atoms with Crippen molar-refractivity contribution in [3.05, 3.63) is 30.1 Å². The number of methoxy groups -OCH3 is 1. The number of hydrogen-bond donors (Lipinski definition) is 1. The molecular weight excluding hydrogens is 204 g/mol. The summed E-state index contributed by atoms with van der Waals surface area (Å²) in [5.74, 6) is -0.252. The van der Waals surface area contributed by atoms with Gasteiger partial charge < -0.3 is 10.1 Å². The molecule has 0 fully saturated rings. The first-order valence-electron chi connectivity index (χ1n) is 5.20. The Balaban J connectivity index is 3.03. The molecule has 0 aliphatic rings. The molecule has 1 atom stereocenters.